The van der Waals surface area contributed by atoms with E-state index in [0.717, 1.165) is 37.7 Å². The largest absolute Gasteiger partial charge is 0.435 e. The average Bonchev–Trinajstić information content (AvgIpc) is 2.38. The van der Waals surface area contributed by atoms with Gasteiger partial charge in [-0.25, -0.2) is 0 Å². The van der Waals surface area contributed by atoms with E-state index in [1.807, 2.05) is 12.1 Å². The molecular weight excluding hydrogens is 248 g/mol. The van der Waals surface area contributed by atoms with Crippen LogP contribution in [0.2, 0.25) is 0 Å². The predicted molar refractivity (Wildman–Crippen MR) is 73.3 cm³/mol. The van der Waals surface area contributed by atoms with Crippen molar-refractivity contribution in [2.45, 2.75) is 44.8 Å². The molecule has 0 aliphatic carbocycles. The van der Waals surface area contributed by atoms with Gasteiger partial charge in [0, 0.05) is 6.04 Å². The van der Waals surface area contributed by atoms with Gasteiger partial charge in [0.15, 0.2) is 0 Å². The van der Waals surface area contributed by atoms with Crippen molar-refractivity contribution in [3.05, 3.63) is 42.5 Å². The molecule has 0 heterocycles. The van der Waals surface area contributed by atoms with Crippen molar-refractivity contribution >= 4 is 0 Å². The van der Waals surface area contributed by atoms with Gasteiger partial charge in [-0.15, -0.1) is 6.58 Å². The second-order valence-electron chi connectivity index (χ2n) is 4.48. The minimum absolute atomic E-state index is 0.134. The number of hydrogen-bond donors (Lipinski definition) is 1. The number of ether oxygens (including phenoxy) is 1. The Hall–Kier alpha value is -1.42. The molecule has 1 atom stereocenters. The molecule has 2 N–H and O–H groups in total. The molecule has 19 heavy (non-hydrogen) atoms. The third-order valence-electron chi connectivity index (χ3n) is 2.93. The highest BCUT2D eigenvalue weighted by Crippen LogP contribution is 2.23. The summed E-state index contributed by atoms with van der Waals surface area (Å²) in [6.45, 7) is 0.874. The Bertz CT molecular complexity index is 382. The maximum absolute atomic E-state index is 12.1. The van der Waals surface area contributed by atoms with Gasteiger partial charge >= 0.3 is 6.61 Å². The maximum atomic E-state index is 12.1. The highest BCUT2D eigenvalue weighted by molar-refractivity contribution is 5.30. The van der Waals surface area contributed by atoms with E-state index in [2.05, 4.69) is 11.3 Å². The molecule has 0 radical (unpaired) electrons. The topological polar surface area (TPSA) is 35.2 Å². The first kappa shape index (κ1) is 15.6. The molecule has 0 fully saturated rings. The van der Waals surface area contributed by atoms with Crippen LogP contribution in [-0.4, -0.2) is 6.61 Å². The summed E-state index contributed by atoms with van der Waals surface area (Å²) in [4.78, 5) is 0. The molecule has 0 saturated heterocycles. The Balaban J connectivity index is 2.42. The molecule has 0 aliphatic heterocycles. The van der Waals surface area contributed by atoms with Crippen LogP contribution in [0.4, 0.5) is 8.78 Å². The third kappa shape index (κ3) is 6.34. The van der Waals surface area contributed by atoms with Gasteiger partial charge in [0.1, 0.15) is 5.75 Å². The first-order valence-corrected chi connectivity index (χ1v) is 6.54. The summed E-state index contributed by atoms with van der Waals surface area (Å²) >= 11 is 0. The molecule has 1 aromatic carbocycles. The van der Waals surface area contributed by atoms with Crippen molar-refractivity contribution in [1.29, 1.82) is 0 Å². The number of nitrogens with two attached hydrogens (primary N) is 1. The lowest BCUT2D eigenvalue weighted by Crippen LogP contribution is -2.10. The van der Waals surface area contributed by atoms with E-state index in [9.17, 15) is 8.78 Å². The van der Waals surface area contributed by atoms with Crippen molar-refractivity contribution in [2.75, 3.05) is 0 Å². The Morgan fingerprint density at radius 1 is 1.26 bits per heavy atom. The number of alkyl halides is 2. The zero-order chi connectivity index (χ0) is 14.1. The molecule has 0 aliphatic rings. The molecular formula is C15H21F2NO. The van der Waals surface area contributed by atoms with E-state index in [1.54, 1.807) is 12.1 Å². The molecule has 2 nitrogen and oxygen atoms in total. The SMILES string of the molecule is C=CCCCCCC(N)c1cccc(OC(F)F)c1. The minimum Gasteiger partial charge on any atom is -0.435 e. The summed E-state index contributed by atoms with van der Waals surface area (Å²) in [5.41, 5.74) is 6.88. The molecule has 0 amide bonds. The quantitative estimate of drug-likeness (QED) is 0.532. The van der Waals surface area contributed by atoms with Crippen LogP contribution in [0.5, 0.6) is 5.75 Å². The zero-order valence-electron chi connectivity index (χ0n) is 11.0. The first-order chi connectivity index (χ1) is 9.13. The van der Waals surface area contributed by atoms with Crippen molar-refractivity contribution in [3.8, 4) is 5.75 Å². The van der Waals surface area contributed by atoms with Crippen LogP contribution in [-0.2, 0) is 0 Å². The van der Waals surface area contributed by atoms with Crippen LogP contribution >= 0.6 is 0 Å². The standard InChI is InChI=1S/C15H21F2NO/c1-2-3-4-5-6-10-14(18)12-8-7-9-13(11-12)19-15(16)17/h2,7-9,11,14-15H,1,3-6,10,18H2. The molecule has 0 bridgehead atoms. The van der Waals surface area contributed by atoms with Crippen LogP contribution in [0.25, 0.3) is 0 Å². The lowest BCUT2D eigenvalue weighted by Gasteiger charge is -2.13. The Labute approximate surface area is 113 Å². The monoisotopic (exact) mass is 269 g/mol. The van der Waals surface area contributed by atoms with E-state index in [4.69, 9.17) is 5.73 Å². The summed E-state index contributed by atoms with van der Waals surface area (Å²) < 4.78 is 28.6. The van der Waals surface area contributed by atoms with Crippen LogP contribution < -0.4 is 10.5 Å². The molecule has 1 rings (SSSR count). The summed E-state index contributed by atoms with van der Waals surface area (Å²) in [6, 6.07) is 6.48. The fraction of sp³-hybridized carbons (Fsp3) is 0.467. The molecule has 0 spiro atoms. The minimum atomic E-state index is -2.80. The normalized spacial score (nSPS) is 12.4. The summed E-state index contributed by atoms with van der Waals surface area (Å²) in [7, 11) is 0. The summed E-state index contributed by atoms with van der Waals surface area (Å²) in [6.07, 6.45) is 7.01. The van der Waals surface area contributed by atoms with Gasteiger partial charge in [-0.3, -0.25) is 0 Å². The van der Waals surface area contributed by atoms with Crippen LogP contribution in [0, 0.1) is 0 Å². The summed E-state index contributed by atoms with van der Waals surface area (Å²) in [5, 5.41) is 0. The Morgan fingerprint density at radius 2 is 2.05 bits per heavy atom. The molecule has 0 saturated carbocycles. The van der Waals surface area contributed by atoms with Gasteiger partial charge in [-0.1, -0.05) is 31.1 Å². The number of halogens is 2. The van der Waals surface area contributed by atoms with Gasteiger partial charge < -0.3 is 10.5 Å². The fourth-order valence-corrected chi connectivity index (χ4v) is 1.92. The van der Waals surface area contributed by atoms with E-state index in [1.165, 1.54) is 6.07 Å². The number of rotatable bonds is 9. The van der Waals surface area contributed by atoms with Crippen molar-refractivity contribution in [2.24, 2.45) is 5.73 Å². The van der Waals surface area contributed by atoms with E-state index in [0.29, 0.717) is 0 Å². The Morgan fingerprint density at radius 3 is 2.74 bits per heavy atom. The summed E-state index contributed by atoms with van der Waals surface area (Å²) in [5.74, 6) is 0.162. The van der Waals surface area contributed by atoms with Crippen LogP contribution in [0.3, 0.4) is 0 Å². The average molecular weight is 269 g/mol. The van der Waals surface area contributed by atoms with Crippen molar-refractivity contribution in [1.82, 2.24) is 0 Å². The molecule has 1 aromatic rings. The number of hydrogen-bond acceptors (Lipinski definition) is 2. The zero-order valence-corrected chi connectivity index (χ0v) is 11.0. The second kappa shape index (κ2) is 8.64. The highest BCUT2D eigenvalue weighted by atomic mass is 19.3. The fourth-order valence-electron chi connectivity index (χ4n) is 1.92. The van der Waals surface area contributed by atoms with Gasteiger partial charge in [0.05, 0.1) is 0 Å². The number of unbranched alkanes of at least 4 members (excludes halogenated alkanes) is 3. The molecule has 1 unspecified atom stereocenters. The van der Waals surface area contributed by atoms with Crippen LogP contribution in [0.15, 0.2) is 36.9 Å². The van der Waals surface area contributed by atoms with Crippen molar-refractivity contribution < 1.29 is 13.5 Å². The maximum Gasteiger partial charge on any atom is 0.387 e. The van der Waals surface area contributed by atoms with Crippen LogP contribution in [0.1, 0.15) is 43.7 Å². The number of benzene rings is 1. The van der Waals surface area contributed by atoms with Gasteiger partial charge in [0.25, 0.3) is 0 Å². The van der Waals surface area contributed by atoms with Gasteiger partial charge in [-0.05, 0) is 37.0 Å². The highest BCUT2D eigenvalue weighted by Gasteiger charge is 2.09. The smallest absolute Gasteiger partial charge is 0.387 e. The Kier molecular flexibility index (Phi) is 7.11. The molecule has 4 heteroatoms. The van der Waals surface area contributed by atoms with E-state index in [-0.39, 0.29) is 11.8 Å². The number of allylic oxidation sites excluding steroid dienone is 1. The van der Waals surface area contributed by atoms with Crippen molar-refractivity contribution in [3.63, 3.8) is 0 Å². The molecule has 0 aromatic heterocycles. The first-order valence-electron chi connectivity index (χ1n) is 6.54. The van der Waals surface area contributed by atoms with Gasteiger partial charge in [-0.2, -0.15) is 8.78 Å². The van der Waals surface area contributed by atoms with E-state index >= 15 is 0 Å². The molecule has 106 valence electrons. The van der Waals surface area contributed by atoms with E-state index < -0.39 is 6.61 Å². The lowest BCUT2D eigenvalue weighted by atomic mass is 10.0. The second-order valence-corrected chi connectivity index (χ2v) is 4.48. The van der Waals surface area contributed by atoms with Gasteiger partial charge in [0.2, 0.25) is 0 Å². The lowest BCUT2D eigenvalue weighted by molar-refractivity contribution is -0.0499. The third-order valence-corrected chi connectivity index (χ3v) is 2.93. The predicted octanol–water partition coefficient (Wildman–Crippen LogP) is 4.42.